The number of aromatic nitrogens is 1. The SMILES string of the molecule is CC/C(=C(/c1ccccc1)C1(C)C(=O)CC(S(=O)(=O)c2nc3ccccc3s2)C1S(=O)(=O)c1ccccc1)c1ccccc1. The Morgan fingerprint density at radius 3 is 1.91 bits per heavy atom. The van der Waals surface area contributed by atoms with E-state index in [2.05, 4.69) is 4.98 Å². The second-order valence-corrected chi connectivity index (χ2v) is 16.5. The van der Waals surface area contributed by atoms with Gasteiger partial charge in [0, 0.05) is 6.42 Å². The number of ketones is 1. The molecule has 6 rings (SSSR count). The Kier molecular flexibility index (Phi) is 7.90. The van der Waals surface area contributed by atoms with Crippen LogP contribution in [0.1, 0.15) is 37.8 Å². The van der Waals surface area contributed by atoms with Crippen molar-refractivity contribution in [2.24, 2.45) is 5.41 Å². The van der Waals surface area contributed by atoms with E-state index in [9.17, 15) is 21.6 Å². The Morgan fingerprint density at radius 1 is 0.773 bits per heavy atom. The lowest BCUT2D eigenvalue weighted by Gasteiger charge is -2.36. The van der Waals surface area contributed by atoms with Crippen molar-refractivity contribution in [3.8, 4) is 0 Å². The monoisotopic (exact) mass is 641 g/mol. The van der Waals surface area contributed by atoms with Crippen LogP contribution in [0.4, 0.5) is 0 Å². The zero-order valence-corrected chi connectivity index (χ0v) is 26.7. The van der Waals surface area contributed by atoms with Gasteiger partial charge in [0.2, 0.25) is 14.2 Å². The van der Waals surface area contributed by atoms with Crippen molar-refractivity contribution in [3.05, 3.63) is 126 Å². The Hall–Kier alpha value is -3.92. The van der Waals surface area contributed by atoms with Gasteiger partial charge in [-0.05, 0) is 59.9 Å². The lowest BCUT2D eigenvalue weighted by Crippen LogP contribution is -2.46. The van der Waals surface area contributed by atoms with Crippen LogP contribution in [-0.2, 0) is 24.5 Å². The Labute approximate surface area is 262 Å². The van der Waals surface area contributed by atoms with Crippen LogP contribution in [0.5, 0.6) is 0 Å². The highest BCUT2D eigenvalue weighted by molar-refractivity contribution is 7.97. The van der Waals surface area contributed by atoms with Gasteiger partial charge < -0.3 is 0 Å². The first-order valence-corrected chi connectivity index (χ1v) is 18.3. The molecule has 0 amide bonds. The molecule has 1 saturated carbocycles. The number of carbonyl (C=O) groups excluding carboxylic acids is 1. The third-order valence-electron chi connectivity index (χ3n) is 8.55. The number of para-hydroxylation sites is 1. The number of benzene rings is 4. The molecular formula is C35H31NO5S3. The van der Waals surface area contributed by atoms with Gasteiger partial charge in [-0.25, -0.2) is 21.8 Å². The molecule has 224 valence electrons. The smallest absolute Gasteiger partial charge is 0.210 e. The van der Waals surface area contributed by atoms with E-state index < -0.39 is 47.8 Å². The predicted octanol–water partition coefficient (Wildman–Crippen LogP) is 7.28. The maximum atomic E-state index is 14.8. The van der Waals surface area contributed by atoms with Crippen molar-refractivity contribution in [2.45, 2.75) is 46.4 Å². The standard InChI is InChI=1S/C35H31NO5S3/c1-3-27(24-15-7-4-8-16-24)32(25-17-9-5-10-18-25)35(2)31(37)23-30(33(35)43(38,39)26-19-11-6-12-20-26)44(40,41)34-36-28-21-13-14-22-29(28)42-34/h4-22,30,33H,3,23H2,1-2H3/b32-27+. The summed E-state index contributed by atoms with van der Waals surface area (Å²) in [6, 6.07) is 33.7. The molecule has 3 unspecified atom stereocenters. The predicted molar refractivity (Wildman–Crippen MR) is 176 cm³/mol. The van der Waals surface area contributed by atoms with Gasteiger partial charge in [0.25, 0.3) is 0 Å². The number of Topliss-reactive ketones (excluding diaryl/α,β-unsaturated/α-hetero) is 1. The molecule has 0 saturated heterocycles. The second-order valence-electron chi connectivity index (χ2n) is 11.1. The average molecular weight is 642 g/mol. The number of nitrogens with zero attached hydrogens (tertiary/aromatic N) is 1. The minimum absolute atomic E-state index is 0.0272. The van der Waals surface area contributed by atoms with Crippen molar-refractivity contribution in [1.82, 2.24) is 4.98 Å². The summed E-state index contributed by atoms with van der Waals surface area (Å²) in [5.41, 5.74) is 1.65. The van der Waals surface area contributed by atoms with Gasteiger partial charge in [-0.3, -0.25) is 4.79 Å². The summed E-state index contributed by atoms with van der Waals surface area (Å²) in [5, 5.41) is -3.15. The lowest BCUT2D eigenvalue weighted by molar-refractivity contribution is -0.122. The van der Waals surface area contributed by atoms with Crippen LogP contribution in [0.25, 0.3) is 21.4 Å². The molecule has 0 N–H and O–H groups in total. The fraction of sp³-hybridized carbons (Fsp3) is 0.200. The average Bonchev–Trinajstić information content (AvgIpc) is 3.61. The van der Waals surface area contributed by atoms with Gasteiger partial charge in [0.15, 0.2) is 9.84 Å². The van der Waals surface area contributed by atoms with Gasteiger partial charge in [0.1, 0.15) is 5.78 Å². The third-order valence-corrected chi connectivity index (χ3v) is 14.7. The second kappa shape index (κ2) is 11.5. The summed E-state index contributed by atoms with van der Waals surface area (Å²) in [6.45, 7) is 3.58. The Bertz CT molecular complexity index is 2060. The molecule has 0 radical (unpaired) electrons. The molecule has 0 spiro atoms. The number of sulfone groups is 2. The van der Waals surface area contributed by atoms with E-state index in [1.807, 2.05) is 67.6 Å². The minimum Gasteiger partial charge on any atom is -0.299 e. The first-order chi connectivity index (χ1) is 21.1. The molecule has 3 atom stereocenters. The maximum absolute atomic E-state index is 14.8. The van der Waals surface area contributed by atoms with Crippen molar-refractivity contribution >= 4 is 58.2 Å². The topological polar surface area (TPSA) is 98.2 Å². The first kappa shape index (κ1) is 30.1. The van der Waals surface area contributed by atoms with Gasteiger partial charge in [0.05, 0.1) is 31.0 Å². The summed E-state index contributed by atoms with van der Waals surface area (Å²) in [4.78, 5) is 18.9. The zero-order chi connectivity index (χ0) is 31.1. The normalized spacial score (nSPS) is 21.4. The molecule has 44 heavy (non-hydrogen) atoms. The molecule has 1 aromatic heterocycles. The summed E-state index contributed by atoms with van der Waals surface area (Å²) in [5.74, 6) is -0.433. The number of carbonyl (C=O) groups is 1. The fourth-order valence-electron chi connectivity index (χ4n) is 6.51. The van der Waals surface area contributed by atoms with Gasteiger partial charge in [-0.15, -0.1) is 11.3 Å². The molecule has 0 bridgehead atoms. The van der Waals surface area contributed by atoms with Gasteiger partial charge in [-0.2, -0.15) is 0 Å². The molecule has 9 heteroatoms. The van der Waals surface area contributed by atoms with Crippen LogP contribution in [0.2, 0.25) is 0 Å². The van der Waals surface area contributed by atoms with Gasteiger partial charge >= 0.3 is 0 Å². The third kappa shape index (κ3) is 4.93. The van der Waals surface area contributed by atoms with E-state index in [-0.39, 0.29) is 9.24 Å². The molecule has 1 aliphatic carbocycles. The van der Waals surface area contributed by atoms with Crippen LogP contribution < -0.4 is 0 Å². The largest absolute Gasteiger partial charge is 0.299 e. The number of thiazole rings is 1. The van der Waals surface area contributed by atoms with E-state index in [1.165, 1.54) is 12.1 Å². The van der Waals surface area contributed by atoms with E-state index in [4.69, 9.17) is 0 Å². The number of fused-ring (bicyclic) bond motifs is 1. The zero-order valence-electron chi connectivity index (χ0n) is 24.3. The highest BCUT2D eigenvalue weighted by Crippen LogP contribution is 2.55. The molecule has 1 heterocycles. The maximum Gasteiger partial charge on any atom is 0.210 e. The summed E-state index contributed by atoms with van der Waals surface area (Å²) in [6.07, 6.45) is 0.0398. The highest BCUT2D eigenvalue weighted by Gasteiger charge is 2.64. The van der Waals surface area contributed by atoms with Crippen molar-refractivity contribution in [1.29, 1.82) is 0 Å². The summed E-state index contributed by atoms with van der Waals surface area (Å²) in [7, 11) is -8.76. The number of hydrogen-bond acceptors (Lipinski definition) is 7. The summed E-state index contributed by atoms with van der Waals surface area (Å²) >= 11 is 0.996. The van der Waals surface area contributed by atoms with E-state index >= 15 is 0 Å². The number of hydrogen-bond donors (Lipinski definition) is 0. The Morgan fingerprint density at radius 2 is 1.32 bits per heavy atom. The molecule has 1 fully saturated rings. The molecule has 1 aliphatic rings. The Balaban J connectivity index is 1.67. The van der Waals surface area contributed by atoms with Crippen LogP contribution in [0.15, 0.2) is 124 Å². The van der Waals surface area contributed by atoms with Crippen molar-refractivity contribution in [2.75, 3.05) is 0 Å². The van der Waals surface area contributed by atoms with Crippen LogP contribution >= 0.6 is 11.3 Å². The fourth-order valence-corrected chi connectivity index (χ4v) is 12.8. The minimum atomic E-state index is -4.38. The van der Waals surface area contributed by atoms with Crippen LogP contribution in [0, 0.1) is 5.41 Å². The quantitative estimate of drug-likeness (QED) is 0.165. The van der Waals surface area contributed by atoms with Crippen molar-refractivity contribution < 1.29 is 21.6 Å². The van der Waals surface area contributed by atoms with E-state index in [1.54, 1.807) is 49.4 Å². The molecule has 5 aromatic rings. The lowest BCUT2D eigenvalue weighted by atomic mass is 9.72. The number of allylic oxidation sites excluding steroid dienone is 2. The van der Waals surface area contributed by atoms with E-state index in [0.717, 1.165) is 22.5 Å². The highest BCUT2D eigenvalue weighted by atomic mass is 32.2. The van der Waals surface area contributed by atoms with Gasteiger partial charge in [-0.1, -0.05) is 97.9 Å². The first-order valence-electron chi connectivity index (χ1n) is 14.4. The summed E-state index contributed by atoms with van der Waals surface area (Å²) < 4.78 is 59.1. The van der Waals surface area contributed by atoms with Crippen molar-refractivity contribution in [3.63, 3.8) is 0 Å². The molecular weight excluding hydrogens is 611 g/mol. The molecule has 0 aliphatic heterocycles. The van der Waals surface area contributed by atoms with Crippen LogP contribution in [-0.4, -0.2) is 38.1 Å². The molecule has 6 nitrogen and oxygen atoms in total. The molecule has 4 aromatic carbocycles. The number of rotatable bonds is 8. The van der Waals surface area contributed by atoms with E-state index in [0.29, 0.717) is 27.8 Å². The van der Waals surface area contributed by atoms with Crippen LogP contribution in [0.3, 0.4) is 0 Å².